The minimum Gasteiger partial charge on any atom is -0.493 e. The summed E-state index contributed by atoms with van der Waals surface area (Å²) in [4.78, 5) is 31.9. The minimum absolute atomic E-state index is 0.107. The second kappa shape index (κ2) is 11.3. The summed E-state index contributed by atoms with van der Waals surface area (Å²) in [6.45, 7) is 9.20. The predicted octanol–water partition coefficient (Wildman–Crippen LogP) is 2.70. The first-order valence-corrected chi connectivity index (χ1v) is 13.4. The summed E-state index contributed by atoms with van der Waals surface area (Å²) in [7, 11) is 1.59. The number of fused-ring (bicyclic) bond motifs is 3. The Morgan fingerprint density at radius 2 is 1.88 bits per heavy atom. The molecule has 41 heavy (non-hydrogen) atoms. The molecule has 214 valence electrons. The average molecular weight is 560 g/mol. The average Bonchev–Trinajstić information content (AvgIpc) is 3.37. The van der Waals surface area contributed by atoms with E-state index in [4.69, 9.17) is 14.5 Å². The van der Waals surface area contributed by atoms with Crippen molar-refractivity contribution in [3.8, 4) is 22.8 Å². The number of rotatable bonds is 8. The summed E-state index contributed by atoms with van der Waals surface area (Å²) >= 11 is 0. The van der Waals surface area contributed by atoms with Crippen molar-refractivity contribution in [2.75, 3.05) is 20.3 Å². The molecule has 0 spiro atoms. The molecule has 12 nitrogen and oxygen atoms in total. The predicted molar refractivity (Wildman–Crippen MR) is 151 cm³/mol. The van der Waals surface area contributed by atoms with E-state index in [1.165, 1.54) is 0 Å². The number of hydrogen-bond acceptors (Lipinski definition) is 8. The van der Waals surface area contributed by atoms with Crippen LogP contribution in [0.1, 0.15) is 39.7 Å². The molecule has 0 aliphatic carbocycles. The topological polar surface area (TPSA) is 138 Å². The van der Waals surface area contributed by atoms with E-state index in [1.54, 1.807) is 16.2 Å². The first kappa shape index (κ1) is 27.7. The van der Waals surface area contributed by atoms with Gasteiger partial charge in [-0.1, -0.05) is 22.5 Å². The molecule has 12 heteroatoms. The number of carbonyl (C=O) groups is 1. The van der Waals surface area contributed by atoms with E-state index >= 15 is 0 Å². The van der Waals surface area contributed by atoms with Crippen molar-refractivity contribution < 1.29 is 19.5 Å². The van der Waals surface area contributed by atoms with Gasteiger partial charge < -0.3 is 20.0 Å². The maximum atomic E-state index is 14.0. The van der Waals surface area contributed by atoms with Gasteiger partial charge in [0.1, 0.15) is 5.49 Å². The molecule has 0 unspecified atom stereocenters. The van der Waals surface area contributed by atoms with Gasteiger partial charge in [0, 0.05) is 31.3 Å². The molecule has 1 aliphatic rings. The Balaban J connectivity index is 1.63. The Kier molecular flexibility index (Phi) is 7.64. The fourth-order valence-corrected chi connectivity index (χ4v) is 5.29. The molecule has 3 heterocycles. The van der Waals surface area contributed by atoms with Gasteiger partial charge in [0.2, 0.25) is 0 Å². The van der Waals surface area contributed by atoms with Crippen molar-refractivity contribution in [3.63, 3.8) is 0 Å². The fraction of sp³-hybridized carbons (Fsp3) is 0.345. The summed E-state index contributed by atoms with van der Waals surface area (Å²) in [5, 5.41) is 19.2. The van der Waals surface area contributed by atoms with E-state index in [-0.39, 0.29) is 24.5 Å². The Morgan fingerprint density at radius 3 is 2.54 bits per heavy atom. The van der Waals surface area contributed by atoms with Crippen LogP contribution in [-0.2, 0) is 19.5 Å². The zero-order chi connectivity index (χ0) is 29.3. The largest absolute Gasteiger partial charge is 0.493 e. The summed E-state index contributed by atoms with van der Waals surface area (Å²) in [6.07, 6.45) is 1.80. The molecule has 0 saturated carbocycles. The third kappa shape index (κ3) is 5.32. The maximum Gasteiger partial charge on any atom is 0.330 e. The Hall–Kier alpha value is -4.87. The molecular formula is C29H33N7O5. The lowest BCUT2D eigenvalue weighted by Crippen LogP contribution is -2.44. The van der Waals surface area contributed by atoms with Crippen molar-refractivity contribution in [3.05, 3.63) is 80.4 Å². The number of ether oxygens (including phenoxy) is 2. The van der Waals surface area contributed by atoms with Gasteiger partial charge >= 0.3 is 5.69 Å². The summed E-state index contributed by atoms with van der Waals surface area (Å²) in [5.74, 6) is 0.694. The molecule has 2 aromatic carbocycles. The van der Waals surface area contributed by atoms with Crippen LogP contribution < -0.4 is 26.0 Å². The van der Waals surface area contributed by atoms with Gasteiger partial charge in [-0.3, -0.25) is 13.9 Å². The van der Waals surface area contributed by atoms with Crippen LogP contribution in [0.3, 0.4) is 0 Å². The van der Waals surface area contributed by atoms with Crippen LogP contribution in [0.2, 0.25) is 0 Å². The number of nitrogens with one attached hydrogen (secondary N) is 1. The Bertz CT molecular complexity index is 1740. The van der Waals surface area contributed by atoms with E-state index < -0.39 is 5.91 Å². The molecule has 1 amide bonds. The third-order valence-electron chi connectivity index (χ3n) is 7.11. The number of aromatic nitrogens is 5. The first-order chi connectivity index (χ1) is 19.7. The minimum atomic E-state index is -0.564. The first-order valence-electron chi connectivity index (χ1n) is 13.4. The second-order valence-electron chi connectivity index (χ2n) is 9.94. The fourth-order valence-electron chi connectivity index (χ4n) is 5.29. The van der Waals surface area contributed by atoms with Crippen molar-refractivity contribution >= 4 is 11.6 Å². The highest BCUT2D eigenvalue weighted by molar-refractivity contribution is 5.91. The number of methoxy groups -OCH3 is 1. The molecule has 0 bridgehead atoms. The van der Waals surface area contributed by atoms with Gasteiger partial charge in [0.25, 0.3) is 5.91 Å². The van der Waals surface area contributed by atoms with Gasteiger partial charge in [-0.05, 0) is 68.2 Å². The zero-order valence-corrected chi connectivity index (χ0v) is 23.8. The zero-order valence-electron chi connectivity index (χ0n) is 23.8. The molecule has 0 radical (unpaired) electrons. The number of aryl methyl sites for hydroxylation is 4. The van der Waals surface area contributed by atoms with Crippen LogP contribution >= 0.6 is 0 Å². The van der Waals surface area contributed by atoms with Crippen molar-refractivity contribution in [1.82, 2.24) is 29.6 Å². The molecule has 0 saturated heterocycles. The van der Waals surface area contributed by atoms with Gasteiger partial charge in [0.05, 0.1) is 31.3 Å². The van der Waals surface area contributed by atoms with E-state index in [1.807, 2.05) is 45.9 Å². The quantitative estimate of drug-likeness (QED) is 0.317. The second-order valence-corrected chi connectivity index (χ2v) is 9.94. The van der Waals surface area contributed by atoms with Crippen LogP contribution in [-0.4, -0.2) is 55.7 Å². The van der Waals surface area contributed by atoms with Gasteiger partial charge in [-0.25, -0.2) is 9.79 Å². The van der Waals surface area contributed by atoms with Crippen LogP contribution in [0.15, 0.2) is 46.3 Å². The molecule has 2 aromatic heterocycles. The molecular weight excluding hydrogens is 526 g/mol. The Labute approximate surface area is 236 Å². The maximum absolute atomic E-state index is 14.0. The summed E-state index contributed by atoms with van der Waals surface area (Å²) in [5.41, 5.74) is 6.68. The van der Waals surface area contributed by atoms with Crippen molar-refractivity contribution in [2.45, 2.75) is 47.2 Å². The SMILES string of the molecule is CCOc1cc2c(cc1OC)-c1c/c(=N\c3c(C)cc(C)cc3C)n(CCNC(=O)c3cnnn3O)c(=O)n1CC2. The monoisotopic (exact) mass is 559 g/mol. The lowest BCUT2D eigenvalue weighted by Gasteiger charge is -2.25. The van der Waals surface area contributed by atoms with Crippen molar-refractivity contribution in [2.24, 2.45) is 4.99 Å². The highest BCUT2D eigenvalue weighted by atomic mass is 16.5. The summed E-state index contributed by atoms with van der Waals surface area (Å²) in [6, 6.07) is 9.92. The molecule has 2 N–H and O–H groups in total. The summed E-state index contributed by atoms with van der Waals surface area (Å²) < 4.78 is 14.7. The highest BCUT2D eigenvalue weighted by Crippen LogP contribution is 2.37. The smallest absolute Gasteiger partial charge is 0.330 e. The standard InChI is InChI=1S/C29H33N7O5/c1-6-41-25-13-20-7-9-34-22(21(20)14-24(25)40-5)15-26(32-27-18(3)11-17(2)12-19(27)4)35(29(34)38)10-8-30-28(37)23-16-31-33-36(23)39/h11-16,39H,6-10H2,1-5H3,(H,30,37)/b32-26+. The molecule has 0 fully saturated rings. The number of nitrogens with zero attached hydrogens (tertiary/aromatic N) is 6. The molecule has 1 aliphatic heterocycles. The lowest BCUT2D eigenvalue weighted by molar-refractivity contribution is 0.0865. The Morgan fingerprint density at radius 1 is 1.12 bits per heavy atom. The van der Waals surface area contributed by atoms with E-state index in [0.29, 0.717) is 41.4 Å². The van der Waals surface area contributed by atoms with Gasteiger partial charge in [-0.2, -0.15) is 0 Å². The van der Waals surface area contributed by atoms with E-state index in [0.717, 1.165) is 45.4 Å². The molecule has 4 aromatic rings. The highest BCUT2D eigenvalue weighted by Gasteiger charge is 2.23. The van der Waals surface area contributed by atoms with Crippen molar-refractivity contribution in [1.29, 1.82) is 0 Å². The molecule has 5 rings (SSSR count). The third-order valence-corrected chi connectivity index (χ3v) is 7.11. The number of amides is 1. The number of hydrogen-bond donors (Lipinski definition) is 2. The van der Waals surface area contributed by atoms with Crippen LogP contribution in [0.4, 0.5) is 5.69 Å². The number of carbonyl (C=O) groups excluding carboxylic acids is 1. The van der Waals surface area contributed by atoms with E-state index in [9.17, 15) is 14.8 Å². The van der Waals surface area contributed by atoms with Crippen LogP contribution in [0, 0.1) is 20.8 Å². The molecule has 0 atom stereocenters. The normalized spacial score (nSPS) is 12.6. The number of benzene rings is 2. The lowest BCUT2D eigenvalue weighted by atomic mass is 9.97. The van der Waals surface area contributed by atoms with Crippen LogP contribution in [0.5, 0.6) is 11.5 Å². The van der Waals surface area contributed by atoms with Gasteiger partial charge in [-0.15, -0.1) is 5.10 Å². The van der Waals surface area contributed by atoms with Crippen LogP contribution in [0.25, 0.3) is 11.3 Å². The van der Waals surface area contributed by atoms with Gasteiger partial charge in [0.15, 0.2) is 17.2 Å². The van der Waals surface area contributed by atoms with E-state index in [2.05, 4.69) is 27.8 Å².